The number of nitrogens with zero attached hydrogens (tertiary/aromatic N) is 2. The molecular formula is C22H19N5O3S. The smallest absolute Gasteiger partial charge is 0.265 e. The number of hydrazine groups is 1. The lowest BCUT2D eigenvalue weighted by Gasteiger charge is -2.10. The zero-order valence-electron chi connectivity index (χ0n) is 16.5. The molecule has 0 radical (unpaired) electrons. The quantitative estimate of drug-likeness (QED) is 0.252. The molecule has 156 valence electrons. The van der Waals surface area contributed by atoms with Gasteiger partial charge in [0.05, 0.1) is 21.7 Å². The van der Waals surface area contributed by atoms with Gasteiger partial charge in [0, 0.05) is 23.3 Å². The van der Waals surface area contributed by atoms with Gasteiger partial charge < -0.3 is 0 Å². The summed E-state index contributed by atoms with van der Waals surface area (Å²) in [4.78, 5) is 21.1. The molecule has 2 aromatic heterocycles. The third-order valence-electron chi connectivity index (χ3n) is 4.93. The Bertz CT molecular complexity index is 1370. The third kappa shape index (κ3) is 4.02. The van der Waals surface area contributed by atoms with Crippen LogP contribution in [-0.4, -0.2) is 31.3 Å². The summed E-state index contributed by atoms with van der Waals surface area (Å²) in [6.07, 6.45) is 3.20. The van der Waals surface area contributed by atoms with Crippen LogP contribution in [0.1, 0.15) is 10.4 Å². The number of carbonyl (C=O) groups is 1. The lowest BCUT2D eigenvalue weighted by molar-refractivity contribution is 0.0955. The van der Waals surface area contributed by atoms with Crippen LogP contribution in [0.15, 0.2) is 78.0 Å². The first kappa shape index (κ1) is 20.6. The van der Waals surface area contributed by atoms with Crippen molar-refractivity contribution in [3.63, 3.8) is 0 Å². The molecule has 9 heteroatoms. The van der Waals surface area contributed by atoms with Crippen LogP contribution in [0.4, 0.5) is 0 Å². The van der Waals surface area contributed by atoms with Gasteiger partial charge in [-0.3, -0.25) is 15.2 Å². The number of nitrogen functional groups attached to an aromatic ring is 1. The highest BCUT2D eigenvalue weighted by atomic mass is 32.2. The van der Waals surface area contributed by atoms with E-state index in [2.05, 4.69) is 20.1 Å². The van der Waals surface area contributed by atoms with E-state index in [1.807, 2.05) is 24.3 Å². The Morgan fingerprint density at radius 3 is 2.16 bits per heavy atom. The number of benzene rings is 2. The second-order valence-corrected chi connectivity index (χ2v) is 8.62. The molecule has 4 N–H and O–H groups in total. The minimum absolute atomic E-state index is 0.205. The summed E-state index contributed by atoms with van der Waals surface area (Å²) in [6.45, 7) is 0. The first-order chi connectivity index (χ1) is 14.9. The predicted octanol–water partition coefficient (Wildman–Crippen LogP) is 2.48. The summed E-state index contributed by atoms with van der Waals surface area (Å²) in [7, 11) is -2.10. The van der Waals surface area contributed by atoms with E-state index < -0.39 is 15.9 Å². The highest BCUT2D eigenvalue weighted by Crippen LogP contribution is 2.27. The van der Waals surface area contributed by atoms with Gasteiger partial charge in [-0.05, 0) is 42.4 Å². The van der Waals surface area contributed by atoms with Crippen LogP contribution in [0.2, 0.25) is 0 Å². The van der Waals surface area contributed by atoms with Crippen LogP contribution in [0.5, 0.6) is 0 Å². The maximum Gasteiger partial charge on any atom is 0.265 e. The molecule has 0 spiro atoms. The number of aromatic nitrogens is 2. The average molecular weight is 433 g/mol. The average Bonchev–Trinajstić information content (AvgIpc) is 2.83. The fraction of sp³-hybridized carbons (Fsp3) is 0.0455. The van der Waals surface area contributed by atoms with Crippen LogP contribution in [0.3, 0.4) is 0 Å². The molecule has 0 aliphatic heterocycles. The standard InChI is InChI=1S/C22H19N5O3S/c1-24-31(29,30)17-8-6-15(7-9-17)14-2-4-16(5-3-14)21-12-18(22(28)27-23)19-13-25-11-10-20(19)26-21/h2-13,24H,23H2,1H3,(H,27,28). The monoisotopic (exact) mass is 433 g/mol. The molecule has 4 aromatic rings. The number of carbonyl (C=O) groups excluding carboxylic acids is 1. The van der Waals surface area contributed by atoms with E-state index >= 15 is 0 Å². The van der Waals surface area contributed by atoms with Crippen LogP contribution >= 0.6 is 0 Å². The van der Waals surface area contributed by atoms with Crippen LogP contribution < -0.4 is 16.0 Å². The molecule has 0 aliphatic rings. The predicted molar refractivity (Wildman–Crippen MR) is 118 cm³/mol. The Balaban J connectivity index is 1.70. The van der Waals surface area contributed by atoms with Crippen LogP contribution in [0, 0.1) is 0 Å². The fourth-order valence-corrected chi connectivity index (χ4v) is 3.99. The molecule has 2 heterocycles. The van der Waals surface area contributed by atoms with Gasteiger partial charge in [0.1, 0.15) is 0 Å². The molecule has 0 unspecified atom stereocenters. The molecule has 0 atom stereocenters. The van der Waals surface area contributed by atoms with Gasteiger partial charge in [-0.25, -0.2) is 24.0 Å². The van der Waals surface area contributed by atoms with Crippen LogP contribution in [-0.2, 0) is 10.0 Å². The van der Waals surface area contributed by atoms with Crippen molar-refractivity contribution in [1.29, 1.82) is 0 Å². The molecule has 31 heavy (non-hydrogen) atoms. The van der Waals surface area contributed by atoms with Gasteiger partial charge in [-0.1, -0.05) is 36.4 Å². The number of pyridine rings is 2. The summed E-state index contributed by atoms with van der Waals surface area (Å²) < 4.78 is 26.1. The van der Waals surface area contributed by atoms with E-state index in [9.17, 15) is 13.2 Å². The molecule has 2 aromatic carbocycles. The summed E-state index contributed by atoms with van der Waals surface area (Å²) in [5.74, 6) is 4.91. The highest BCUT2D eigenvalue weighted by Gasteiger charge is 2.14. The van der Waals surface area contributed by atoms with Crippen molar-refractivity contribution in [2.24, 2.45) is 5.84 Å². The molecule has 8 nitrogen and oxygen atoms in total. The lowest BCUT2D eigenvalue weighted by atomic mass is 10.0. The van der Waals surface area contributed by atoms with Gasteiger partial charge >= 0.3 is 0 Å². The number of nitrogens with two attached hydrogens (primary N) is 1. The molecule has 0 fully saturated rings. The topological polar surface area (TPSA) is 127 Å². The molecule has 4 rings (SSSR count). The Hall–Kier alpha value is -3.66. The largest absolute Gasteiger partial charge is 0.290 e. The van der Waals surface area contributed by atoms with E-state index in [-0.39, 0.29) is 4.90 Å². The van der Waals surface area contributed by atoms with Crippen molar-refractivity contribution in [2.45, 2.75) is 4.90 Å². The van der Waals surface area contributed by atoms with Gasteiger partial charge in [-0.2, -0.15) is 0 Å². The Morgan fingerprint density at radius 1 is 0.935 bits per heavy atom. The number of nitrogens with one attached hydrogen (secondary N) is 2. The Morgan fingerprint density at radius 2 is 1.55 bits per heavy atom. The van der Waals surface area contributed by atoms with Gasteiger partial charge in [-0.15, -0.1) is 0 Å². The van der Waals surface area contributed by atoms with Gasteiger partial charge in [0.15, 0.2) is 0 Å². The van der Waals surface area contributed by atoms with Crippen molar-refractivity contribution in [1.82, 2.24) is 20.1 Å². The molecule has 0 aliphatic carbocycles. The zero-order valence-corrected chi connectivity index (χ0v) is 17.3. The Kier molecular flexibility index (Phi) is 5.47. The fourth-order valence-electron chi connectivity index (χ4n) is 3.26. The summed E-state index contributed by atoms with van der Waals surface area (Å²) in [6, 6.07) is 17.7. The number of sulfonamides is 1. The number of fused-ring (bicyclic) bond motifs is 1. The van der Waals surface area contributed by atoms with Crippen molar-refractivity contribution in [3.05, 3.63) is 78.6 Å². The van der Waals surface area contributed by atoms with Gasteiger partial charge in [0.2, 0.25) is 10.0 Å². The maximum atomic E-state index is 12.2. The number of amides is 1. The van der Waals surface area contributed by atoms with E-state index in [0.29, 0.717) is 22.2 Å². The zero-order chi connectivity index (χ0) is 22.0. The van der Waals surface area contributed by atoms with Crippen molar-refractivity contribution >= 4 is 26.8 Å². The third-order valence-corrected chi connectivity index (χ3v) is 6.36. The number of hydrogen-bond donors (Lipinski definition) is 3. The highest BCUT2D eigenvalue weighted by molar-refractivity contribution is 7.89. The number of hydrogen-bond acceptors (Lipinski definition) is 6. The first-order valence-corrected chi connectivity index (χ1v) is 10.8. The minimum atomic E-state index is -3.48. The van der Waals surface area contributed by atoms with E-state index in [4.69, 9.17) is 5.84 Å². The van der Waals surface area contributed by atoms with Gasteiger partial charge in [0.25, 0.3) is 5.91 Å². The molecule has 0 saturated heterocycles. The lowest BCUT2D eigenvalue weighted by Crippen LogP contribution is -2.30. The summed E-state index contributed by atoms with van der Waals surface area (Å²) in [5, 5.41) is 0.613. The summed E-state index contributed by atoms with van der Waals surface area (Å²) in [5.41, 5.74) is 6.43. The minimum Gasteiger partial charge on any atom is -0.290 e. The van der Waals surface area contributed by atoms with E-state index in [1.54, 1.807) is 48.8 Å². The van der Waals surface area contributed by atoms with Crippen LogP contribution in [0.25, 0.3) is 33.3 Å². The number of rotatable bonds is 5. The Labute approximate surface area is 179 Å². The molecule has 0 saturated carbocycles. The normalized spacial score (nSPS) is 11.4. The SMILES string of the molecule is CNS(=O)(=O)c1ccc(-c2ccc(-c3cc(C(=O)NN)c4cnccc4n3)cc2)cc1. The summed E-state index contributed by atoms with van der Waals surface area (Å²) >= 11 is 0. The first-order valence-electron chi connectivity index (χ1n) is 9.33. The van der Waals surface area contributed by atoms with Crippen molar-refractivity contribution in [2.75, 3.05) is 7.05 Å². The maximum absolute atomic E-state index is 12.2. The van der Waals surface area contributed by atoms with E-state index in [0.717, 1.165) is 16.7 Å². The molecule has 1 amide bonds. The second kappa shape index (κ2) is 8.23. The van der Waals surface area contributed by atoms with Crippen molar-refractivity contribution in [3.8, 4) is 22.4 Å². The van der Waals surface area contributed by atoms with E-state index in [1.165, 1.54) is 7.05 Å². The molecule has 0 bridgehead atoms. The second-order valence-electron chi connectivity index (χ2n) is 6.73. The molecular weight excluding hydrogens is 414 g/mol. The van der Waals surface area contributed by atoms with Crippen molar-refractivity contribution < 1.29 is 13.2 Å².